The van der Waals surface area contributed by atoms with Crippen molar-refractivity contribution < 1.29 is 0 Å². The zero-order chi connectivity index (χ0) is 78.4. The number of fused-ring (bicyclic) bond motifs is 8. The molecule has 0 fully saturated rings. The van der Waals surface area contributed by atoms with E-state index in [0.29, 0.717) is 0 Å². The van der Waals surface area contributed by atoms with Crippen molar-refractivity contribution in [3.63, 3.8) is 0 Å². The lowest BCUT2D eigenvalue weighted by Crippen LogP contribution is -2.16. The number of hydrogen-bond donors (Lipinski definition) is 0. The maximum Gasteiger partial charge on any atom is 0.182 e. The van der Waals surface area contributed by atoms with E-state index in [1.165, 1.54) is 5.69 Å². The van der Waals surface area contributed by atoms with Crippen LogP contribution >= 0.6 is 0 Å². The van der Waals surface area contributed by atoms with E-state index < -0.39 is 0 Å². The SMILES string of the molecule is CC(C)(C)c1cccc2nncn12.CC(C)(C)c1cncc2nncn12.CC(C)(C)c1nccn2cnnc12.CC(C)(C)c1nnc2ccccn12.CC(C)(C)c1nnc2cnccn12.Cn1ccc2c(C(C)(C)C)ncnc21.Cn1ccc2cnc(C(C)(C)C)nc21.Cn1ncc2c(C(C)(C)C)ncnc21. The van der Waals surface area contributed by atoms with E-state index in [1.807, 2.05) is 138 Å². The molecule has 0 bridgehead atoms. The Hall–Kier alpha value is -11.3. The summed E-state index contributed by atoms with van der Waals surface area (Å²) < 4.78 is 15.7. The van der Waals surface area contributed by atoms with E-state index in [9.17, 15) is 0 Å². The number of aromatic nitrogens is 28. The van der Waals surface area contributed by atoms with E-state index in [2.05, 4.69) is 279 Å². The van der Waals surface area contributed by atoms with Gasteiger partial charge in [0.2, 0.25) is 0 Å². The van der Waals surface area contributed by atoms with Crippen LogP contribution in [0.2, 0.25) is 0 Å². The Balaban J connectivity index is 0.000000141. The summed E-state index contributed by atoms with van der Waals surface area (Å²) in [5.74, 6) is 2.86. The first kappa shape index (κ1) is 79.8. The topological polar surface area (TPSA) is 295 Å². The molecule has 0 saturated heterocycles. The van der Waals surface area contributed by atoms with Gasteiger partial charge >= 0.3 is 0 Å². The zero-order valence-corrected chi connectivity index (χ0v) is 67.5. The molecule has 0 amide bonds. The van der Waals surface area contributed by atoms with Crippen LogP contribution in [-0.4, -0.2) is 137 Å². The quantitative estimate of drug-likeness (QED) is 0.136. The summed E-state index contributed by atoms with van der Waals surface area (Å²) in [6.45, 7) is 51.4. The van der Waals surface area contributed by atoms with Crippen molar-refractivity contribution in [2.45, 2.75) is 209 Å². The zero-order valence-electron chi connectivity index (χ0n) is 67.5. The number of pyridine rings is 2. The van der Waals surface area contributed by atoms with Crippen molar-refractivity contribution in [3.8, 4) is 0 Å². The van der Waals surface area contributed by atoms with Gasteiger partial charge in [0.1, 0.15) is 60.4 Å². The van der Waals surface area contributed by atoms with Crippen molar-refractivity contribution in [2.75, 3.05) is 0 Å². The van der Waals surface area contributed by atoms with Crippen LogP contribution in [0, 0.1) is 0 Å². The van der Waals surface area contributed by atoms with Crippen molar-refractivity contribution in [2.24, 2.45) is 21.1 Å². The van der Waals surface area contributed by atoms with Crippen LogP contribution in [0.1, 0.15) is 212 Å². The normalized spacial score (nSPS) is 12.3. The second-order valence-electron chi connectivity index (χ2n) is 34.5. The van der Waals surface area contributed by atoms with Gasteiger partial charge in [0, 0.05) is 142 Å². The molecule has 0 unspecified atom stereocenters. The summed E-state index contributed by atoms with van der Waals surface area (Å²) in [7, 11) is 5.89. The Labute approximate surface area is 626 Å². The summed E-state index contributed by atoms with van der Waals surface area (Å²) in [5.41, 5.74) is 13.0. The lowest BCUT2D eigenvalue weighted by Gasteiger charge is -2.19. The van der Waals surface area contributed by atoms with Gasteiger partial charge in [0.15, 0.2) is 33.9 Å². The molecule has 0 aromatic carbocycles. The summed E-state index contributed by atoms with van der Waals surface area (Å²) in [5, 5.41) is 47.5. The molecule has 0 aliphatic carbocycles. The van der Waals surface area contributed by atoms with E-state index in [0.717, 1.165) is 102 Å². The van der Waals surface area contributed by atoms with Crippen LogP contribution in [0.5, 0.6) is 0 Å². The predicted molar refractivity (Wildman–Crippen MR) is 421 cm³/mol. The molecule has 0 saturated carbocycles. The van der Waals surface area contributed by atoms with Crippen molar-refractivity contribution in [1.82, 2.24) is 137 Å². The third-order valence-electron chi connectivity index (χ3n) is 16.8. The number of nitrogens with zero attached hydrogens (tertiary/aromatic N) is 28. The van der Waals surface area contributed by atoms with Crippen LogP contribution in [0.15, 0.2) is 155 Å². The maximum absolute atomic E-state index is 4.56. The fraction of sp³-hybridized carbons (Fsp3) is 0.443. The highest BCUT2D eigenvalue weighted by molar-refractivity contribution is 5.80. The highest BCUT2D eigenvalue weighted by Gasteiger charge is 2.26. The van der Waals surface area contributed by atoms with Gasteiger partial charge in [0.05, 0.1) is 41.1 Å². The minimum Gasteiger partial charge on any atom is -0.335 e. The monoisotopic (exact) mass is 1450 g/mol. The Bertz CT molecular complexity index is 5190. The Kier molecular flexibility index (Phi) is 23.4. The summed E-state index contributed by atoms with van der Waals surface area (Å²) in [4.78, 5) is 38.5. The molecule has 16 heterocycles. The average molecular weight is 1450 g/mol. The van der Waals surface area contributed by atoms with Crippen molar-refractivity contribution in [3.05, 3.63) is 200 Å². The largest absolute Gasteiger partial charge is 0.335 e. The molecule has 0 aliphatic heterocycles. The molecule has 0 radical (unpaired) electrons. The molecule has 107 heavy (non-hydrogen) atoms. The van der Waals surface area contributed by atoms with Crippen LogP contribution in [0.4, 0.5) is 0 Å². The molecule has 0 aliphatic rings. The number of hydrogen-bond acceptors (Lipinski definition) is 20. The van der Waals surface area contributed by atoms with Crippen LogP contribution in [0.25, 0.3) is 61.3 Å². The lowest BCUT2D eigenvalue weighted by atomic mass is 9.90. The van der Waals surface area contributed by atoms with Gasteiger partial charge in [-0.25, -0.2) is 29.9 Å². The van der Waals surface area contributed by atoms with Crippen LogP contribution in [0.3, 0.4) is 0 Å². The lowest BCUT2D eigenvalue weighted by molar-refractivity contribution is 0.538. The van der Waals surface area contributed by atoms with E-state index in [4.69, 9.17) is 0 Å². The second-order valence-corrected chi connectivity index (χ2v) is 34.5. The van der Waals surface area contributed by atoms with Crippen molar-refractivity contribution in [1.29, 1.82) is 0 Å². The smallest absolute Gasteiger partial charge is 0.182 e. The standard InChI is InChI=1S/2C11H15N3.C10H14N4.2C10H13N3.3C9H12N4/c1-11(2,3)9-8-5-6-14(4)10(8)13-7-12-9;1-11(2,3)10-12-7-8-5-6-14(4)9(8)13-10;1-10(2,3)8-7-5-13-14(4)9(7)12-6-11-8;1-10(2,3)8-5-4-6-9-12-11-7-13(8)9;1-10(2,3)9-12-11-8-6-4-5-7-13(8)9;1-9(2,3)7-4-10-5-8-12-11-6-13(7)8;1-9(2,3)7-8-12-11-6-13(8)5-4-10-7;1-9(2,3)8-12-11-7-6-10-4-5-13(7)8/h2*5-7H,1-4H3;5-6H,1-4H3;2*4-7H,1-3H3;3*4-6H,1-3H3. The van der Waals surface area contributed by atoms with Crippen LogP contribution < -0.4 is 0 Å². The maximum atomic E-state index is 4.56. The molecular formula is C79H106N28. The molecule has 16 rings (SSSR count). The van der Waals surface area contributed by atoms with Gasteiger partial charge < -0.3 is 9.13 Å². The van der Waals surface area contributed by atoms with E-state index >= 15 is 0 Å². The highest BCUT2D eigenvalue weighted by Crippen LogP contribution is 2.30. The molecule has 0 N–H and O–H groups in total. The van der Waals surface area contributed by atoms with Gasteiger partial charge in [-0.05, 0) is 36.4 Å². The Morgan fingerprint density at radius 3 is 1.47 bits per heavy atom. The Morgan fingerprint density at radius 1 is 0.318 bits per heavy atom. The minimum atomic E-state index is 0.00947. The predicted octanol–water partition coefficient (Wildman–Crippen LogP) is 14.5. The second kappa shape index (κ2) is 31.4. The average Bonchev–Trinajstić information content (AvgIpc) is 1.72. The van der Waals surface area contributed by atoms with Crippen LogP contribution in [-0.2, 0) is 64.5 Å². The Morgan fingerprint density at radius 2 is 0.850 bits per heavy atom. The first-order valence-corrected chi connectivity index (χ1v) is 35.6. The van der Waals surface area contributed by atoms with Gasteiger partial charge in [-0.2, -0.15) is 5.10 Å². The van der Waals surface area contributed by atoms with Crippen molar-refractivity contribution >= 4 is 61.3 Å². The van der Waals surface area contributed by atoms with Gasteiger partial charge in [-0.15, -0.1) is 51.0 Å². The van der Waals surface area contributed by atoms with Gasteiger partial charge in [-0.3, -0.25) is 41.6 Å². The molecule has 16 aromatic heterocycles. The fourth-order valence-corrected chi connectivity index (χ4v) is 11.3. The fourth-order valence-electron chi connectivity index (χ4n) is 11.3. The molecular weight excluding hydrogens is 1340 g/mol. The third-order valence-corrected chi connectivity index (χ3v) is 16.8. The number of aryl methyl sites for hydroxylation is 3. The third kappa shape index (κ3) is 19.4. The van der Waals surface area contributed by atoms with Gasteiger partial charge in [-0.1, -0.05) is 178 Å². The van der Waals surface area contributed by atoms with Gasteiger partial charge in [0.25, 0.3) is 0 Å². The molecule has 28 nitrogen and oxygen atoms in total. The number of rotatable bonds is 0. The molecule has 562 valence electrons. The highest BCUT2D eigenvalue weighted by atomic mass is 15.3. The first-order valence-electron chi connectivity index (χ1n) is 35.6. The first-order chi connectivity index (χ1) is 49.9. The van der Waals surface area contributed by atoms with E-state index in [1.54, 1.807) is 61.1 Å². The van der Waals surface area contributed by atoms with E-state index in [-0.39, 0.29) is 43.3 Å². The molecule has 16 aromatic rings. The molecule has 28 heteroatoms. The summed E-state index contributed by atoms with van der Waals surface area (Å²) >= 11 is 0. The summed E-state index contributed by atoms with van der Waals surface area (Å²) in [6, 6.07) is 16.1. The molecule has 0 atom stereocenters. The molecule has 0 spiro atoms. The minimum absolute atomic E-state index is 0.00947. The summed E-state index contributed by atoms with van der Waals surface area (Å²) in [6.07, 6.45) is 30.7.